The molecule has 1 heterocycles. The van der Waals surface area contributed by atoms with E-state index in [4.69, 9.17) is 9.47 Å². The summed E-state index contributed by atoms with van der Waals surface area (Å²) < 4.78 is 11.3. The lowest BCUT2D eigenvalue weighted by atomic mass is 9.98. The Morgan fingerprint density at radius 2 is 1.84 bits per heavy atom. The molecule has 1 atom stereocenters. The minimum Gasteiger partial charge on any atom is -0.494 e. The van der Waals surface area contributed by atoms with Gasteiger partial charge in [-0.25, -0.2) is 0 Å². The Hall–Kier alpha value is -2.57. The zero-order valence-electron chi connectivity index (χ0n) is 18.4. The quantitative estimate of drug-likeness (QED) is 0.479. The van der Waals surface area contributed by atoms with Crippen LogP contribution in [-0.4, -0.2) is 54.5 Å². The van der Waals surface area contributed by atoms with Crippen LogP contribution in [0.1, 0.15) is 75.1 Å². The van der Waals surface area contributed by atoms with Crippen molar-refractivity contribution >= 4 is 17.8 Å². The molecule has 1 aromatic carbocycles. The summed E-state index contributed by atoms with van der Waals surface area (Å²) in [6.45, 7) is 3.53. The van der Waals surface area contributed by atoms with Crippen LogP contribution >= 0.6 is 0 Å². The van der Waals surface area contributed by atoms with E-state index < -0.39 is 12.0 Å². The third kappa shape index (κ3) is 6.71. The number of amides is 2. The molecule has 2 aliphatic rings. The third-order valence-electron chi connectivity index (χ3n) is 5.92. The van der Waals surface area contributed by atoms with Gasteiger partial charge in [0.05, 0.1) is 13.0 Å². The van der Waals surface area contributed by atoms with Crippen LogP contribution in [0.25, 0.3) is 0 Å². The van der Waals surface area contributed by atoms with Crippen LogP contribution in [-0.2, 0) is 14.3 Å². The van der Waals surface area contributed by atoms with Gasteiger partial charge in [0.25, 0.3) is 5.91 Å². The molecule has 1 aliphatic heterocycles. The number of esters is 1. The Bertz CT molecular complexity index is 743. The van der Waals surface area contributed by atoms with E-state index >= 15 is 0 Å². The van der Waals surface area contributed by atoms with Crippen molar-refractivity contribution in [2.24, 2.45) is 0 Å². The molecule has 0 unspecified atom stereocenters. The third-order valence-corrected chi connectivity index (χ3v) is 5.92. The maximum absolute atomic E-state index is 13.1. The number of unbranched alkanes of at least 4 members (excludes halogenated alkanes) is 2. The van der Waals surface area contributed by atoms with E-state index in [0.717, 1.165) is 50.7 Å². The lowest BCUT2D eigenvalue weighted by molar-refractivity contribution is -0.153. The first-order valence-corrected chi connectivity index (χ1v) is 11.6. The van der Waals surface area contributed by atoms with Crippen LogP contribution < -0.4 is 10.1 Å². The Balaban J connectivity index is 1.59. The first kappa shape index (κ1) is 23.1. The summed E-state index contributed by atoms with van der Waals surface area (Å²) in [5, 5.41) is 2.76. The van der Waals surface area contributed by atoms with Crippen LogP contribution in [0.3, 0.4) is 0 Å². The van der Waals surface area contributed by atoms with Crippen molar-refractivity contribution in [3.63, 3.8) is 0 Å². The lowest BCUT2D eigenvalue weighted by Gasteiger charge is -2.35. The van der Waals surface area contributed by atoms with Gasteiger partial charge in [0.15, 0.2) is 0 Å². The number of ether oxygens (including phenoxy) is 2. The van der Waals surface area contributed by atoms with Gasteiger partial charge < -0.3 is 19.7 Å². The van der Waals surface area contributed by atoms with Crippen LogP contribution in [0.2, 0.25) is 0 Å². The zero-order chi connectivity index (χ0) is 22.1. The topological polar surface area (TPSA) is 84.9 Å². The molecule has 1 aromatic rings. The Morgan fingerprint density at radius 3 is 2.55 bits per heavy atom. The van der Waals surface area contributed by atoms with Crippen molar-refractivity contribution in [3.05, 3.63) is 29.8 Å². The van der Waals surface area contributed by atoms with Crippen LogP contribution in [0.4, 0.5) is 0 Å². The molecule has 0 spiro atoms. The Labute approximate surface area is 184 Å². The first-order chi connectivity index (χ1) is 15.1. The number of nitrogens with zero attached hydrogens (tertiary/aromatic N) is 1. The molecule has 7 heteroatoms. The Morgan fingerprint density at radius 1 is 1.10 bits per heavy atom. The molecule has 0 bridgehead atoms. The van der Waals surface area contributed by atoms with Crippen molar-refractivity contribution in [2.45, 2.75) is 76.9 Å². The molecule has 1 saturated carbocycles. The minimum absolute atomic E-state index is 0.0677. The second-order valence-corrected chi connectivity index (χ2v) is 8.34. The SMILES string of the molecule is CCCCCOc1ccc(C(=O)N2CCNC(=O)[C@H]2CC(=O)OC2CCCCC2)cc1. The van der Waals surface area contributed by atoms with Crippen molar-refractivity contribution in [1.82, 2.24) is 10.2 Å². The highest BCUT2D eigenvalue weighted by molar-refractivity contribution is 5.99. The van der Waals surface area contributed by atoms with Gasteiger partial charge >= 0.3 is 5.97 Å². The molecule has 3 rings (SSSR count). The largest absolute Gasteiger partial charge is 0.494 e. The predicted molar refractivity (Wildman–Crippen MR) is 117 cm³/mol. The number of hydrogen-bond donors (Lipinski definition) is 1. The predicted octanol–water partition coefficient (Wildman–Crippen LogP) is 3.46. The number of piperazine rings is 1. The lowest BCUT2D eigenvalue weighted by Crippen LogP contribution is -2.58. The molecule has 31 heavy (non-hydrogen) atoms. The molecule has 1 saturated heterocycles. The van der Waals surface area contributed by atoms with Crippen molar-refractivity contribution in [1.29, 1.82) is 0 Å². The van der Waals surface area contributed by atoms with E-state index in [0.29, 0.717) is 25.3 Å². The fraction of sp³-hybridized carbons (Fsp3) is 0.625. The maximum Gasteiger partial charge on any atom is 0.308 e. The normalized spacial score (nSPS) is 19.6. The number of rotatable bonds is 9. The van der Waals surface area contributed by atoms with E-state index in [1.807, 2.05) is 0 Å². The number of benzene rings is 1. The fourth-order valence-corrected chi connectivity index (χ4v) is 4.14. The second kappa shape index (κ2) is 11.7. The summed E-state index contributed by atoms with van der Waals surface area (Å²) in [6, 6.07) is 6.12. The molecule has 0 radical (unpaired) electrons. The van der Waals surface area contributed by atoms with Gasteiger partial charge in [-0.3, -0.25) is 14.4 Å². The summed E-state index contributed by atoms with van der Waals surface area (Å²) in [4.78, 5) is 39.5. The van der Waals surface area contributed by atoms with Crippen molar-refractivity contribution < 1.29 is 23.9 Å². The average Bonchev–Trinajstić information content (AvgIpc) is 2.79. The van der Waals surface area contributed by atoms with Crippen LogP contribution in [0, 0.1) is 0 Å². The summed E-state index contributed by atoms with van der Waals surface area (Å²) in [6.07, 6.45) is 8.11. The molecule has 2 fully saturated rings. The van der Waals surface area contributed by atoms with E-state index in [2.05, 4.69) is 12.2 Å². The monoisotopic (exact) mass is 430 g/mol. The maximum atomic E-state index is 13.1. The smallest absolute Gasteiger partial charge is 0.308 e. The molecule has 2 amide bonds. The average molecular weight is 431 g/mol. The van der Waals surface area contributed by atoms with Crippen LogP contribution in [0.5, 0.6) is 5.75 Å². The number of nitrogens with one attached hydrogen (secondary N) is 1. The van der Waals surface area contributed by atoms with Gasteiger partial charge in [0, 0.05) is 18.7 Å². The summed E-state index contributed by atoms with van der Waals surface area (Å²) in [5.74, 6) is -0.266. The van der Waals surface area contributed by atoms with Gasteiger partial charge in [-0.2, -0.15) is 0 Å². The molecule has 1 aliphatic carbocycles. The number of carbonyl (C=O) groups is 3. The van der Waals surface area contributed by atoms with Gasteiger partial charge in [0.2, 0.25) is 5.91 Å². The van der Waals surface area contributed by atoms with Crippen molar-refractivity contribution in [2.75, 3.05) is 19.7 Å². The minimum atomic E-state index is -0.845. The van der Waals surface area contributed by atoms with E-state index in [-0.39, 0.29) is 24.3 Å². The molecule has 0 aromatic heterocycles. The molecule has 1 N–H and O–H groups in total. The van der Waals surface area contributed by atoms with Gasteiger partial charge in [-0.1, -0.05) is 26.2 Å². The van der Waals surface area contributed by atoms with Crippen molar-refractivity contribution in [3.8, 4) is 5.75 Å². The van der Waals surface area contributed by atoms with Gasteiger partial charge in [0.1, 0.15) is 17.9 Å². The van der Waals surface area contributed by atoms with Crippen LogP contribution in [0.15, 0.2) is 24.3 Å². The molecular formula is C24H34N2O5. The second-order valence-electron chi connectivity index (χ2n) is 8.34. The highest BCUT2D eigenvalue weighted by Crippen LogP contribution is 2.22. The molecule has 7 nitrogen and oxygen atoms in total. The number of hydrogen-bond acceptors (Lipinski definition) is 5. The standard InChI is InChI=1S/C24H34N2O5/c1-2-3-7-16-30-19-12-10-18(11-13-19)24(29)26-15-14-25-23(28)21(26)17-22(27)31-20-8-5-4-6-9-20/h10-13,20-21H,2-9,14-17H2,1H3,(H,25,28)/t21-/m1/s1. The Kier molecular flexibility index (Phi) is 8.74. The summed E-state index contributed by atoms with van der Waals surface area (Å²) in [5.41, 5.74) is 0.473. The zero-order valence-corrected chi connectivity index (χ0v) is 18.4. The van der Waals surface area contributed by atoms with E-state index in [1.54, 1.807) is 24.3 Å². The first-order valence-electron chi connectivity index (χ1n) is 11.6. The fourth-order valence-electron chi connectivity index (χ4n) is 4.14. The molecular weight excluding hydrogens is 396 g/mol. The van der Waals surface area contributed by atoms with E-state index in [9.17, 15) is 14.4 Å². The summed E-state index contributed by atoms with van der Waals surface area (Å²) >= 11 is 0. The highest BCUT2D eigenvalue weighted by atomic mass is 16.5. The van der Waals surface area contributed by atoms with E-state index in [1.165, 1.54) is 11.3 Å². The number of carbonyl (C=O) groups excluding carboxylic acids is 3. The highest BCUT2D eigenvalue weighted by Gasteiger charge is 2.36. The molecule has 170 valence electrons. The van der Waals surface area contributed by atoms with Gasteiger partial charge in [-0.15, -0.1) is 0 Å². The summed E-state index contributed by atoms with van der Waals surface area (Å²) in [7, 11) is 0. The van der Waals surface area contributed by atoms with Gasteiger partial charge in [-0.05, 0) is 56.4 Å².